The number of aromatic amines is 1. The number of ketones is 1. The van der Waals surface area contributed by atoms with Gasteiger partial charge in [0.2, 0.25) is 0 Å². The van der Waals surface area contributed by atoms with Crippen LogP contribution in [0.5, 0.6) is 0 Å². The van der Waals surface area contributed by atoms with Gasteiger partial charge in [-0.15, -0.1) is 0 Å². The van der Waals surface area contributed by atoms with Crippen LogP contribution in [0.15, 0.2) is 42.5 Å². The smallest absolute Gasteiger partial charge is 0.153 e. The van der Waals surface area contributed by atoms with Crippen LogP contribution in [-0.2, 0) is 17.8 Å². The normalized spacial score (nSPS) is 16.1. The molecule has 1 atom stereocenters. The van der Waals surface area contributed by atoms with Crippen molar-refractivity contribution in [2.24, 2.45) is 0 Å². The summed E-state index contributed by atoms with van der Waals surface area (Å²) in [5.74, 6) is -0.268. The van der Waals surface area contributed by atoms with Gasteiger partial charge in [0.25, 0.3) is 0 Å². The molecule has 122 valence electrons. The Labute approximate surface area is 139 Å². The highest BCUT2D eigenvalue weighted by atomic mass is 19.1. The number of carbonyl (C=O) groups excluding carboxylic acids is 1. The summed E-state index contributed by atoms with van der Waals surface area (Å²) in [5, 5.41) is 7.99. The van der Waals surface area contributed by atoms with E-state index in [0.717, 1.165) is 24.9 Å². The van der Waals surface area contributed by atoms with E-state index in [-0.39, 0.29) is 11.6 Å². The first kappa shape index (κ1) is 15.0. The summed E-state index contributed by atoms with van der Waals surface area (Å²) in [7, 11) is 0. The summed E-state index contributed by atoms with van der Waals surface area (Å²) < 4.78 is 13.4. The standard InChI is InChI=1S/C19H18FN3O/c1-12(24)19(18-16-7-6-15(20)10-17(16)21-22-18)23-9-8-13-4-2-3-5-14(13)11-23/h2-7,10,19H,8-9,11H2,1H3,(H,21,22). The van der Waals surface area contributed by atoms with E-state index in [9.17, 15) is 9.18 Å². The van der Waals surface area contributed by atoms with Crippen molar-refractivity contribution in [2.45, 2.75) is 25.9 Å². The van der Waals surface area contributed by atoms with Crippen molar-refractivity contribution in [3.63, 3.8) is 0 Å². The van der Waals surface area contributed by atoms with Crippen LogP contribution in [0.25, 0.3) is 10.9 Å². The van der Waals surface area contributed by atoms with E-state index < -0.39 is 6.04 Å². The molecular formula is C19H18FN3O. The van der Waals surface area contributed by atoms with Gasteiger partial charge in [0.05, 0.1) is 11.2 Å². The number of halogens is 1. The van der Waals surface area contributed by atoms with E-state index in [4.69, 9.17) is 0 Å². The quantitative estimate of drug-likeness (QED) is 0.804. The number of nitrogens with zero attached hydrogens (tertiary/aromatic N) is 2. The molecule has 4 rings (SSSR count). The summed E-state index contributed by atoms with van der Waals surface area (Å²) in [5.41, 5.74) is 3.89. The molecule has 0 fully saturated rings. The molecular weight excluding hydrogens is 305 g/mol. The number of Topliss-reactive ketones (excluding diaryl/α,β-unsaturated/α-hetero) is 1. The Hall–Kier alpha value is -2.53. The number of hydrogen-bond acceptors (Lipinski definition) is 3. The molecule has 0 bridgehead atoms. The predicted molar refractivity (Wildman–Crippen MR) is 90.0 cm³/mol. The zero-order valence-corrected chi connectivity index (χ0v) is 13.4. The van der Waals surface area contributed by atoms with Crippen molar-refractivity contribution >= 4 is 16.7 Å². The van der Waals surface area contributed by atoms with Crippen molar-refractivity contribution < 1.29 is 9.18 Å². The van der Waals surface area contributed by atoms with Crippen LogP contribution in [0.4, 0.5) is 4.39 Å². The monoisotopic (exact) mass is 323 g/mol. The Morgan fingerprint density at radius 3 is 2.83 bits per heavy atom. The molecule has 2 aromatic carbocycles. The fraction of sp³-hybridized carbons (Fsp3) is 0.263. The number of benzene rings is 2. The molecule has 0 saturated carbocycles. The number of carbonyl (C=O) groups is 1. The maximum Gasteiger partial charge on any atom is 0.153 e. The number of fused-ring (bicyclic) bond motifs is 2. The molecule has 1 aliphatic heterocycles. The molecule has 1 N–H and O–H groups in total. The van der Waals surface area contributed by atoms with Crippen molar-refractivity contribution in [3.05, 3.63) is 65.1 Å². The van der Waals surface area contributed by atoms with Gasteiger partial charge in [-0.2, -0.15) is 5.10 Å². The lowest BCUT2D eigenvalue weighted by Crippen LogP contribution is -2.37. The molecule has 5 heteroatoms. The van der Waals surface area contributed by atoms with Gasteiger partial charge in [-0.1, -0.05) is 24.3 Å². The second-order valence-corrected chi connectivity index (χ2v) is 6.30. The average Bonchev–Trinajstić information content (AvgIpc) is 2.97. The molecule has 0 radical (unpaired) electrons. The molecule has 0 aliphatic carbocycles. The third kappa shape index (κ3) is 2.51. The van der Waals surface area contributed by atoms with Crippen LogP contribution in [-0.4, -0.2) is 27.4 Å². The van der Waals surface area contributed by atoms with E-state index in [1.165, 1.54) is 23.3 Å². The van der Waals surface area contributed by atoms with Crippen LogP contribution in [0, 0.1) is 5.82 Å². The van der Waals surface area contributed by atoms with Gasteiger partial charge in [0.1, 0.15) is 11.9 Å². The van der Waals surface area contributed by atoms with Gasteiger partial charge in [-0.05, 0) is 42.7 Å². The van der Waals surface area contributed by atoms with Gasteiger partial charge >= 0.3 is 0 Å². The van der Waals surface area contributed by atoms with Crippen molar-refractivity contribution in [1.82, 2.24) is 15.1 Å². The minimum atomic E-state index is -0.419. The first-order valence-corrected chi connectivity index (χ1v) is 8.08. The lowest BCUT2D eigenvalue weighted by atomic mass is 9.96. The van der Waals surface area contributed by atoms with Crippen molar-refractivity contribution in [1.29, 1.82) is 0 Å². The third-order valence-corrected chi connectivity index (χ3v) is 4.72. The Morgan fingerprint density at radius 2 is 2.04 bits per heavy atom. The summed E-state index contributed by atoms with van der Waals surface area (Å²) in [6.07, 6.45) is 0.914. The highest BCUT2D eigenvalue weighted by Gasteiger charge is 2.31. The van der Waals surface area contributed by atoms with Crippen LogP contribution in [0.2, 0.25) is 0 Å². The Kier molecular flexibility index (Phi) is 3.65. The van der Waals surface area contributed by atoms with E-state index in [1.54, 1.807) is 13.0 Å². The average molecular weight is 323 g/mol. The lowest BCUT2D eigenvalue weighted by Gasteiger charge is -2.33. The zero-order chi connectivity index (χ0) is 16.7. The predicted octanol–water partition coefficient (Wildman–Crippen LogP) is 3.39. The molecule has 4 nitrogen and oxygen atoms in total. The summed E-state index contributed by atoms with van der Waals surface area (Å²) in [6, 6.07) is 12.4. The molecule has 3 aromatic rings. The first-order chi connectivity index (χ1) is 11.6. The maximum absolute atomic E-state index is 13.4. The van der Waals surface area contributed by atoms with Gasteiger partial charge in [-0.25, -0.2) is 4.39 Å². The number of rotatable bonds is 3. The molecule has 0 amide bonds. The van der Waals surface area contributed by atoms with Crippen LogP contribution < -0.4 is 0 Å². The van der Waals surface area contributed by atoms with Gasteiger partial charge in [0, 0.05) is 18.5 Å². The molecule has 2 heterocycles. The highest BCUT2D eigenvalue weighted by molar-refractivity contribution is 5.90. The van der Waals surface area contributed by atoms with Crippen molar-refractivity contribution in [2.75, 3.05) is 6.54 Å². The third-order valence-electron chi connectivity index (χ3n) is 4.72. The minimum Gasteiger partial charge on any atom is -0.298 e. The fourth-order valence-corrected chi connectivity index (χ4v) is 3.58. The maximum atomic E-state index is 13.4. The number of hydrogen-bond donors (Lipinski definition) is 1. The number of H-pyrrole nitrogens is 1. The SMILES string of the molecule is CC(=O)C(c1n[nH]c2cc(F)ccc12)N1CCc2ccccc2C1. The van der Waals surface area contributed by atoms with Crippen LogP contribution in [0.1, 0.15) is 29.8 Å². The second-order valence-electron chi connectivity index (χ2n) is 6.30. The fourth-order valence-electron chi connectivity index (χ4n) is 3.58. The number of nitrogens with one attached hydrogen (secondary N) is 1. The molecule has 0 saturated heterocycles. The topological polar surface area (TPSA) is 49.0 Å². The Morgan fingerprint density at radius 1 is 1.25 bits per heavy atom. The van der Waals surface area contributed by atoms with Crippen LogP contribution in [0.3, 0.4) is 0 Å². The van der Waals surface area contributed by atoms with Crippen molar-refractivity contribution in [3.8, 4) is 0 Å². The van der Waals surface area contributed by atoms with E-state index in [1.807, 2.05) is 12.1 Å². The molecule has 0 spiro atoms. The lowest BCUT2D eigenvalue weighted by molar-refractivity contribution is -0.122. The molecule has 1 aliphatic rings. The largest absolute Gasteiger partial charge is 0.298 e. The van der Waals surface area contributed by atoms with Crippen LogP contribution >= 0.6 is 0 Å². The Balaban J connectivity index is 1.74. The van der Waals surface area contributed by atoms with Gasteiger partial charge in [-0.3, -0.25) is 14.8 Å². The zero-order valence-electron chi connectivity index (χ0n) is 13.4. The van der Waals surface area contributed by atoms with Gasteiger partial charge in [0.15, 0.2) is 5.78 Å². The summed E-state index contributed by atoms with van der Waals surface area (Å²) >= 11 is 0. The number of aromatic nitrogens is 2. The van der Waals surface area contributed by atoms with E-state index >= 15 is 0 Å². The summed E-state index contributed by atoms with van der Waals surface area (Å²) in [6.45, 7) is 3.11. The molecule has 1 unspecified atom stereocenters. The summed E-state index contributed by atoms with van der Waals surface area (Å²) in [4.78, 5) is 14.6. The first-order valence-electron chi connectivity index (χ1n) is 8.08. The van der Waals surface area contributed by atoms with Gasteiger partial charge < -0.3 is 0 Å². The minimum absolute atomic E-state index is 0.0482. The Bertz CT molecular complexity index is 918. The molecule has 24 heavy (non-hydrogen) atoms. The highest BCUT2D eigenvalue weighted by Crippen LogP contribution is 2.31. The second kappa shape index (κ2) is 5.83. The molecule has 1 aromatic heterocycles. The van der Waals surface area contributed by atoms with E-state index in [0.29, 0.717) is 11.2 Å². The van der Waals surface area contributed by atoms with E-state index in [2.05, 4.69) is 27.2 Å².